The highest BCUT2D eigenvalue weighted by atomic mass is 32.2. The second-order valence-corrected chi connectivity index (χ2v) is 6.52. The van der Waals surface area contributed by atoms with Gasteiger partial charge in [-0.25, -0.2) is 18.2 Å². The maximum absolute atomic E-state index is 11.7. The largest absolute Gasteiger partial charge is 0.480 e. The summed E-state index contributed by atoms with van der Waals surface area (Å²) in [5.74, 6) is -2.09. The van der Waals surface area contributed by atoms with E-state index in [1.165, 1.54) is 19.4 Å². The van der Waals surface area contributed by atoms with Crippen LogP contribution in [0.1, 0.15) is 12.6 Å². The molecule has 0 aliphatic carbocycles. The Morgan fingerprint density at radius 2 is 2.16 bits per heavy atom. The molecule has 9 heteroatoms. The molecule has 1 heterocycles. The maximum Gasteiger partial charge on any atom is 0.326 e. The van der Waals surface area contributed by atoms with Crippen LogP contribution in [0.4, 0.5) is 0 Å². The first kappa shape index (κ1) is 15.2. The van der Waals surface area contributed by atoms with E-state index >= 15 is 0 Å². The van der Waals surface area contributed by atoms with Crippen molar-refractivity contribution in [1.29, 1.82) is 0 Å². The van der Waals surface area contributed by atoms with E-state index in [0.29, 0.717) is 5.69 Å². The van der Waals surface area contributed by atoms with E-state index in [4.69, 9.17) is 5.11 Å². The number of aromatic nitrogens is 2. The van der Waals surface area contributed by atoms with E-state index in [1.807, 2.05) is 0 Å². The molecule has 1 aromatic rings. The molecule has 0 fully saturated rings. The zero-order chi connectivity index (χ0) is 14.6. The van der Waals surface area contributed by atoms with Crippen LogP contribution in [-0.4, -0.2) is 52.9 Å². The van der Waals surface area contributed by atoms with Crippen molar-refractivity contribution >= 4 is 21.7 Å². The van der Waals surface area contributed by atoms with Gasteiger partial charge in [-0.3, -0.25) is 4.79 Å². The van der Waals surface area contributed by atoms with Crippen molar-refractivity contribution in [2.75, 3.05) is 6.26 Å². The summed E-state index contributed by atoms with van der Waals surface area (Å²) in [4.78, 5) is 29.1. The Labute approximate surface area is 110 Å². The molecule has 0 aromatic carbocycles. The molecule has 0 saturated heterocycles. The summed E-state index contributed by atoms with van der Waals surface area (Å²) in [7, 11) is -3.56. The Morgan fingerprint density at radius 3 is 2.58 bits per heavy atom. The third-order valence-electron chi connectivity index (χ3n) is 2.60. The van der Waals surface area contributed by atoms with E-state index < -0.39 is 33.0 Å². The highest BCUT2D eigenvalue weighted by molar-refractivity contribution is 7.92. The first-order chi connectivity index (χ1) is 8.71. The first-order valence-electron chi connectivity index (χ1n) is 5.41. The second kappa shape index (κ2) is 5.83. The lowest BCUT2D eigenvalue weighted by Gasteiger charge is -2.16. The van der Waals surface area contributed by atoms with Crippen LogP contribution in [0, 0.1) is 0 Å². The predicted octanol–water partition coefficient (Wildman–Crippen LogP) is -1.05. The molecule has 19 heavy (non-hydrogen) atoms. The molecule has 3 N–H and O–H groups in total. The zero-order valence-electron chi connectivity index (χ0n) is 10.5. The maximum atomic E-state index is 11.7. The molecule has 2 unspecified atom stereocenters. The van der Waals surface area contributed by atoms with Gasteiger partial charge in [0.05, 0.1) is 6.33 Å². The Balaban J connectivity index is 2.74. The van der Waals surface area contributed by atoms with Crippen molar-refractivity contribution in [3.63, 3.8) is 0 Å². The summed E-state index contributed by atoms with van der Waals surface area (Å²) in [5.41, 5.74) is 0.528. The van der Waals surface area contributed by atoms with Gasteiger partial charge in [0.1, 0.15) is 11.3 Å². The van der Waals surface area contributed by atoms with Crippen LogP contribution in [0.25, 0.3) is 0 Å². The fraction of sp³-hybridized carbons (Fsp3) is 0.500. The van der Waals surface area contributed by atoms with Crippen molar-refractivity contribution in [3.8, 4) is 0 Å². The lowest BCUT2D eigenvalue weighted by Crippen LogP contribution is -2.47. The Hall–Kier alpha value is -1.90. The second-order valence-electron chi connectivity index (χ2n) is 4.15. The van der Waals surface area contributed by atoms with Gasteiger partial charge in [0.25, 0.3) is 0 Å². The number of carboxylic acids is 1. The zero-order valence-corrected chi connectivity index (χ0v) is 11.3. The molecule has 1 amide bonds. The fourth-order valence-corrected chi connectivity index (χ4v) is 1.76. The summed E-state index contributed by atoms with van der Waals surface area (Å²) in [6.07, 6.45) is 3.73. The highest BCUT2D eigenvalue weighted by Crippen LogP contribution is 2.02. The van der Waals surface area contributed by atoms with Crippen molar-refractivity contribution in [2.45, 2.75) is 24.6 Å². The fourth-order valence-electron chi connectivity index (χ4n) is 1.30. The van der Waals surface area contributed by atoms with Gasteiger partial charge in [-0.15, -0.1) is 0 Å². The number of carboxylic acid groups (broad SMARTS) is 1. The SMILES string of the molecule is CC(C(=O)NC(Cc1cnc[nH]1)C(=O)O)S(C)(=O)=O. The smallest absolute Gasteiger partial charge is 0.326 e. The third kappa shape index (κ3) is 4.36. The molecule has 0 radical (unpaired) electrons. The van der Waals surface area contributed by atoms with Crippen LogP contribution in [-0.2, 0) is 25.8 Å². The number of nitrogens with one attached hydrogen (secondary N) is 2. The number of H-pyrrole nitrogens is 1. The van der Waals surface area contributed by atoms with Crippen LogP contribution in [0.3, 0.4) is 0 Å². The van der Waals surface area contributed by atoms with Gasteiger partial charge >= 0.3 is 5.97 Å². The van der Waals surface area contributed by atoms with Crippen LogP contribution in [0.15, 0.2) is 12.5 Å². The quantitative estimate of drug-likeness (QED) is 0.613. The summed E-state index contributed by atoms with van der Waals surface area (Å²) in [6.45, 7) is 1.21. The van der Waals surface area contributed by atoms with Crippen LogP contribution < -0.4 is 5.32 Å². The summed E-state index contributed by atoms with van der Waals surface area (Å²) in [5, 5.41) is 9.91. The number of carbonyl (C=O) groups excluding carboxylic acids is 1. The molecule has 0 aliphatic heterocycles. The molecule has 1 rings (SSSR count). The van der Waals surface area contributed by atoms with E-state index in [0.717, 1.165) is 6.26 Å². The molecular weight excluding hydrogens is 274 g/mol. The highest BCUT2D eigenvalue weighted by Gasteiger charge is 2.28. The van der Waals surface area contributed by atoms with Crippen molar-refractivity contribution in [3.05, 3.63) is 18.2 Å². The standard InChI is InChI=1S/C10H15N3O5S/c1-6(19(2,17)18)9(14)13-8(10(15)16)3-7-4-11-5-12-7/h4-6,8H,3H2,1-2H3,(H,11,12)(H,13,14)(H,15,16). The summed E-state index contributed by atoms with van der Waals surface area (Å²) >= 11 is 0. The van der Waals surface area contributed by atoms with E-state index in [1.54, 1.807) is 0 Å². The van der Waals surface area contributed by atoms with Crippen molar-refractivity contribution in [1.82, 2.24) is 15.3 Å². The van der Waals surface area contributed by atoms with Crippen LogP contribution in [0.5, 0.6) is 0 Å². The van der Waals surface area contributed by atoms with Gasteiger partial charge in [0.2, 0.25) is 5.91 Å². The van der Waals surface area contributed by atoms with Gasteiger partial charge < -0.3 is 15.4 Å². The van der Waals surface area contributed by atoms with E-state index in [2.05, 4.69) is 15.3 Å². The van der Waals surface area contributed by atoms with Gasteiger partial charge in [-0.05, 0) is 6.92 Å². The molecule has 106 valence electrons. The van der Waals surface area contributed by atoms with Gasteiger partial charge in [0.15, 0.2) is 9.84 Å². The Bertz CT molecular complexity index is 552. The molecule has 0 saturated carbocycles. The predicted molar refractivity (Wildman–Crippen MR) is 66.2 cm³/mol. The van der Waals surface area contributed by atoms with Gasteiger partial charge in [-0.2, -0.15) is 0 Å². The lowest BCUT2D eigenvalue weighted by atomic mass is 10.1. The average Bonchev–Trinajstić information content (AvgIpc) is 2.78. The molecule has 0 bridgehead atoms. The molecule has 0 aliphatic rings. The number of rotatable bonds is 6. The van der Waals surface area contributed by atoms with Crippen molar-refractivity contribution < 1.29 is 23.1 Å². The minimum absolute atomic E-state index is 0.00243. The minimum Gasteiger partial charge on any atom is -0.480 e. The molecule has 1 aromatic heterocycles. The van der Waals surface area contributed by atoms with Crippen LogP contribution in [0.2, 0.25) is 0 Å². The number of sulfone groups is 1. The van der Waals surface area contributed by atoms with E-state index in [9.17, 15) is 18.0 Å². The number of hydrogen-bond acceptors (Lipinski definition) is 5. The number of carbonyl (C=O) groups is 2. The van der Waals surface area contributed by atoms with Gasteiger partial charge in [0, 0.05) is 24.6 Å². The summed E-state index contributed by atoms with van der Waals surface area (Å²) in [6, 6.07) is -1.21. The monoisotopic (exact) mass is 289 g/mol. The number of hydrogen-bond donors (Lipinski definition) is 3. The topological polar surface area (TPSA) is 129 Å². The van der Waals surface area contributed by atoms with Crippen LogP contribution >= 0.6 is 0 Å². The third-order valence-corrected chi connectivity index (χ3v) is 4.10. The lowest BCUT2D eigenvalue weighted by molar-refractivity contribution is -0.141. The first-order valence-corrected chi connectivity index (χ1v) is 7.36. The number of aliphatic carboxylic acids is 1. The Kier molecular flexibility index (Phi) is 4.65. The Morgan fingerprint density at radius 1 is 1.53 bits per heavy atom. The minimum atomic E-state index is -3.56. The summed E-state index contributed by atoms with van der Waals surface area (Å²) < 4.78 is 22.4. The van der Waals surface area contributed by atoms with Crippen molar-refractivity contribution in [2.24, 2.45) is 0 Å². The molecular formula is C10H15N3O5S. The average molecular weight is 289 g/mol. The molecule has 0 spiro atoms. The molecule has 2 atom stereocenters. The number of nitrogens with zero attached hydrogens (tertiary/aromatic N) is 1. The number of aromatic amines is 1. The molecule has 8 nitrogen and oxygen atoms in total. The van der Waals surface area contributed by atoms with E-state index in [-0.39, 0.29) is 6.42 Å². The number of imidazole rings is 1. The number of amides is 1. The van der Waals surface area contributed by atoms with Gasteiger partial charge in [-0.1, -0.05) is 0 Å². The normalized spacial score (nSPS) is 14.6.